The monoisotopic (exact) mass is 323 g/mol. The summed E-state index contributed by atoms with van der Waals surface area (Å²) in [7, 11) is 1.37. The molecule has 1 N–H and O–H groups in total. The van der Waals surface area contributed by atoms with Crippen LogP contribution in [0.25, 0.3) is 6.08 Å². The summed E-state index contributed by atoms with van der Waals surface area (Å²) in [6, 6.07) is 15.1. The largest absolute Gasteiger partial charge is 0.465 e. The molecule has 0 atom stereocenters. The van der Waals surface area contributed by atoms with Gasteiger partial charge in [0.25, 0.3) is 0 Å². The van der Waals surface area contributed by atoms with Crippen LogP contribution in [0.1, 0.15) is 40.4 Å². The van der Waals surface area contributed by atoms with Crippen molar-refractivity contribution in [3.63, 3.8) is 0 Å². The maximum absolute atomic E-state index is 11.8. The van der Waals surface area contributed by atoms with Crippen molar-refractivity contribution in [3.05, 3.63) is 76.9 Å². The molecule has 0 aromatic heterocycles. The van der Waals surface area contributed by atoms with Crippen molar-refractivity contribution >= 4 is 17.8 Å². The number of hydrogen-bond acceptors (Lipinski definition) is 4. The number of methoxy groups -OCH3 is 1. The second-order valence-corrected chi connectivity index (χ2v) is 5.32. The second-order valence-electron chi connectivity index (χ2n) is 5.32. The Hall–Kier alpha value is -2.88. The van der Waals surface area contributed by atoms with Crippen LogP contribution in [0.5, 0.6) is 0 Å². The molecule has 0 aliphatic carbocycles. The third-order valence-electron chi connectivity index (χ3n) is 3.75. The smallest absolute Gasteiger partial charge is 0.338 e. The van der Waals surface area contributed by atoms with E-state index in [1.54, 1.807) is 12.1 Å². The molecule has 124 valence electrons. The number of hydrogen-bond donors (Lipinski definition) is 1. The highest BCUT2D eigenvalue weighted by molar-refractivity contribution is 6.01. The van der Waals surface area contributed by atoms with Gasteiger partial charge in [-0.2, -0.15) is 0 Å². The first-order valence-electron chi connectivity index (χ1n) is 7.80. The van der Waals surface area contributed by atoms with Crippen LogP contribution < -0.4 is 0 Å². The first-order valence-corrected chi connectivity index (χ1v) is 7.80. The molecule has 2 aromatic rings. The zero-order chi connectivity index (χ0) is 17.4. The van der Waals surface area contributed by atoms with Crippen LogP contribution in [0.2, 0.25) is 0 Å². The van der Waals surface area contributed by atoms with E-state index in [4.69, 9.17) is 4.74 Å². The Morgan fingerprint density at radius 3 is 2.71 bits per heavy atom. The maximum Gasteiger partial charge on any atom is 0.338 e. The van der Waals surface area contributed by atoms with E-state index in [1.165, 1.54) is 7.11 Å². The molecule has 2 rings (SSSR count). The second kappa shape index (κ2) is 8.67. The van der Waals surface area contributed by atoms with Gasteiger partial charge < -0.3 is 9.94 Å². The lowest BCUT2D eigenvalue weighted by Crippen LogP contribution is -2.08. The zero-order valence-electron chi connectivity index (χ0n) is 13.9. The molecule has 0 saturated heterocycles. The molecule has 0 saturated carbocycles. The molecular weight excluding hydrogens is 302 g/mol. The molecular formula is C20H21NO3. The first-order chi connectivity index (χ1) is 11.7. The maximum atomic E-state index is 11.8. The number of rotatable bonds is 6. The van der Waals surface area contributed by atoms with E-state index >= 15 is 0 Å². The highest BCUT2D eigenvalue weighted by Crippen LogP contribution is 2.16. The van der Waals surface area contributed by atoms with E-state index in [2.05, 4.69) is 5.16 Å². The van der Waals surface area contributed by atoms with E-state index in [-0.39, 0.29) is 5.97 Å². The predicted octanol–water partition coefficient (Wildman–Crippen LogP) is 4.32. The Balaban J connectivity index is 2.19. The SMILES string of the molecule is C/C=C/c1cccc(/C(CCc2ccccc2C(=O)OC)=N/O)c1. The number of esters is 1. The summed E-state index contributed by atoms with van der Waals surface area (Å²) in [6.45, 7) is 1.96. The fourth-order valence-electron chi connectivity index (χ4n) is 2.57. The van der Waals surface area contributed by atoms with Gasteiger partial charge in [-0.15, -0.1) is 0 Å². The lowest BCUT2D eigenvalue weighted by Gasteiger charge is -2.09. The Kier molecular flexibility index (Phi) is 6.32. The topological polar surface area (TPSA) is 58.9 Å². The van der Waals surface area contributed by atoms with Crippen molar-refractivity contribution in [1.29, 1.82) is 0 Å². The molecule has 0 radical (unpaired) electrons. The zero-order valence-corrected chi connectivity index (χ0v) is 13.9. The summed E-state index contributed by atoms with van der Waals surface area (Å²) in [6.07, 6.45) is 5.05. The van der Waals surface area contributed by atoms with Crippen LogP contribution in [-0.4, -0.2) is 24.0 Å². The van der Waals surface area contributed by atoms with Gasteiger partial charge in [0.15, 0.2) is 0 Å². The van der Waals surface area contributed by atoms with Crippen LogP contribution in [0, 0.1) is 0 Å². The van der Waals surface area contributed by atoms with Crippen LogP contribution >= 0.6 is 0 Å². The number of aryl methyl sites for hydroxylation is 1. The average Bonchev–Trinajstić information content (AvgIpc) is 2.62. The standard InChI is InChI=1S/C20H21NO3/c1-3-7-15-8-6-10-17(14-15)19(21-23)13-12-16-9-4-5-11-18(16)20(22)24-2/h3-11,14,23H,12-13H2,1-2H3/b7-3+,21-19+. The minimum absolute atomic E-state index is 0.358. The van der Waals surface area contributed by atoms with E-state index in [0.29, 0.717) is 24.1 Å². The van der Waals surface area contributed by atoms with Crippen LogP contribution in [-0.2, 0) is 11.2 Å². The van der Waals surface area contributed by atoms with E-state index in [0.717, 1.165) is 16.7 Å². The quantitative estimate of drug-likeness (QED) is 0.373. The Morgan fingerprint density at radius 2 is 2.00 bits per heavy atom. The number of nitrogens with zero attached hydrogens (tertiary/aromatic N) is 1. The highest BCUT2D eigenvalue weighted by Gasteiger charge is 2.12. The number of carbonyl (C=O) groups excluding carboxylic acids is 1. The summed E-state index contributed by atoms with van der Waals surface area (Å²) in [4.78, 5) is 11.8. The summed E-state index contributed by atoms with van der Waals surface area (Å²) < 4.78 is 4.81. The van der Waals surface area contributed by atoms with Crippen LogP contribution in [0.15, 0.2) is 59.8 Å². The molecule has 0 bridgehead atoms. The van der Waals surface area contributed by atoms with Crippen molar-refractivity contribution in [3.8, 4) is 0 Å². The van der Waals surface area contributed by atoms with Crippen molar-refractivity contribution in [1.82, 2.24) is 0 Å². The van der Waals surface area contributed by atoms with E-state index in [1.807, 2.05) is 55.5 Å². The normalized spacial score (nSPS) is 11.7. The fourth-order valence-corrected chi connectivity index (χ4v) is 2.57. The number of carbonyl (C=O) groups is 1. The molecule has 24 heavy (non-hydrogen) atoms. The third kappa shape index (κ3) is 4.32. The molecule has 0 aliphatic heterocycles. The van der Waals surface area contributed by atoms with Crippen molar-refractivity contribution in [2.75, 3.05) is 7.11 Å². The lowest BCUT2D eigenvalue weighted by atomic mass is 9.97. The van der Waals surface area contributed by atoms with Crippen molar-refractivity contribution in [2.24, 2.45) is 5.16 Å². The Morgan fingerprint density at radius 1 is 1.21 bits per heavy atom. The average molecular weight is 323 g/mol. The minimum Gasteiger partial charge on any atom is -0.465 e. The Bertz CT molecular complexity index is 763. The van der Waals surface area contributed by atoms with Gasteiger partial charge in [0, 0.05) is 0 Å². The fraction of sp³-hybridized carbons (Fsp3) is 0.200. The summed E-state index contributed by atoms with van der Waals surface area (Å²) in [5, 5.41) is 12.8. The van der Waals surface area contributed by atoms with E-state index in [9.17, 15) is 10.0 Å². The van der Waals surface area contributed by atoms with Crippen molar-refractivity contribution in [2.45, 2.75) is 19.8 Å². The lowest BCUT2D eigenvalue weighted by molar-refractivity contribution is 0.0599. The molecule has 0 unspecified atom stereocenters. The molecule has 4 heteroatoms. The van der Waals surface area contributed by atoms with Crippen LogP contribution in [0.3, 0.4) is 0 Å². The van der Waals surface area contributed by atoms with Gasteiger partial charge in [-0.1, -0.05) is 53.7 Å². The van der Waals surface area contributed by atoms with E-state index < -0.39 is 0 Å². The van der Waals surface area contributed by atoms with Gasteiger partial charge in [0.05, 0.1) is 18.4 Å². The molecule has 0 heterocycles. The molecule has 0 aliphatic rings. The number of oxime groups is 1. The van der Waals surface area contributed by atoms with Crippen molar-refractivity contribution < 1.29 is 14.7 Å². The molecule has 0 amide bonds. The third-order valence-corrected chi connectivity index (χ3v) is 3.75. The highest BCUT2D eigenvalue weighted by atomic mass is 16.5. The van der Waals surface area contributed by atoms with Gasteiger partial charge in [-0.25, -0.2) is 4.79 Å². The Labute approximate surface area is 142 Å². The minimum atomic E-state index is -0.358. The van der Waals surface area contributed by atoms with Gasteiger partial charge in [-0.3, -0.25) is 0 Å². The first kappa shape index (κ1) is 17.5. The molecule has 0 fully saturated rings. The van der Waals surface area contributed by atoms with Gasteiger partial charge in [0.1, 0.15) is 0 Å². The number of benzene rings is 2. The summed E-state index contributed by atoms with van der Waals surface area (Å²) >= 11 is 0. The summed E-state index contributed by atoms with van der Waals surface area (Å²) in [5.74, 6) is -0.358. The number of ether oxygens (including phenoxy) is 1. The van der Waals surface area contributed by atoms with Gasteiger partial charge in [-0.05, 0) is 48.6 Å². The molecule has 2 aromatic carbocycles. The molecule has 4 nitrogen and oxygen atoms in total. The predicted molar refractivity (Wildman–Crippen MR) is 95.6 cm³/mol. The van der Waals surface area contributed by atoms with Gasteiger partial charge >= 0.3 is 5.97 Å². The number of allylic oxidation sites excluding steroid dienone is 1. The van der Waals surface area contributed by atoms with Gasteiger partial charge in [0.2, 0.25) is 0 Å². The summed E-state index contributed by atoms with van der Waals surface area (Å²) in [5.41, 5.74) is 3.91. The molecule has 0 spiro atoms. The van der Waals surface area contributed by atoms with Crippen LogP contribution in [0.4, 0.5) is 0 Å².